The molecule has 2 aliphatic carbocycles. The Kier molecular flexibility index (Phi) is 7.52. The van der Waals surface area contributed by atoms with Gasteiger partial charge in [0.15, 0.2) is 5.58 Å². The summed E-state index contributed by atoms with van der Waals surface area (Å²) in [5.74, 6) is 0. The number of rotatable bonds is 6. The Hall–Kier alpha value is -8.14. The average Bonchev–Trinajstić information content (AvgIpc) is 3.98. The predicted molar refractivity (Wildman–Crippen MR) is 257 cm³/mol. The van der Waals surface area contributed by atoms with Gasteiger partial charge in [-0.15, -0.1) is 0 Å². The van der Waals surface area contributed by atoms with Crippen molar-refractivity contribution < 1.29 is 4.42 Å². The van der Waals surface area contributed by atoms with Gasteiger partial charge in [-0.3, -0.25) is 0 Å². The Labute approximate surface area is 360 Å². The van der Waals surface area contributed by atoms with Crippen molar-refractivity contribution in [2.75, 3.05) is 9.80 Å². The van der Waals surface area contributed by atoms with Crippen LogP contribution in [0.2, 0.25) is 0 Å². The number of benzene rings is 10. The topological polar surface area (TPSA) is 19.6 Å². The first-order chi connectivity index (χ1) is 30.8. The normalized spacial score (nSPS) is 14.5. The maximum absolute atomic E-state index is 6.88. The monoisotopic (exact) mass is 790 g/mol. The van der Waals surface area contributed by atoms with E-state index in [2.05, 4.69) is 240 Å². The molecule has 1 atom stereocenters. The third-order valence-electron chi connectivity index (χ3n) is 13.2. The van der Waals surface area contributed by atoms with E-state index in [1.807, 2.05) is 0 Å². The molecule has 3 nitrogen and oxygen atoms in total. The summed E-state index contributed by atoms with van der Waals surface area (Å²) in [6.07, 6.45) is 0. The van der Waals surface area contributed by atoms with Gasteiger partial charge in [-0.2, -0.15) is 0 Å². The van der Waals surface area contributed by atoms with Gasteiger partial charge in [-0.25, -0.2) is 0 Å². The van der Waals surface area contributed by atoms with Crippen LogP contribution in [0.15, 0.2) is 235 Å². The molecule has 2 aliphatic rings. The van der Waals surface area contributed by atoms with Gasteiger partial charge in [0.05, 0.1) is 16.8 Å². The van der Waals surface area contributed by atoms with Gasteiger partial charge >= 0.3 is 0 Å². The third-order valence-corrected chi connectivity index (χ3v) is 13.2. The molecule has 0 saturated carbocycles. The van der Waals surface area contributed by atoms with Gasteiger partial charge in [-0.1, -0.05) is 164 Å². The molecule has 1 unspecified atom stereocenters. The summed E-state index contributed by atoms with van der Waals surface area (Å²) >= 11 is 0. The zero-order chi connectivity index (χ0) is 40.8. The summed E-state index contributed by atoms with van der Waals surface area (Å²) in [6.45, 7) is 0. The Balaban J connectivity index is 1.19. The summed E-state index contributed by atoms with van der Waals surface area (Å²) < 4.78 is 6.88. The van der Waals surface area contributed by atoms with Gasteiger partial charge in [0.1, 0.15) is 5.58 Å². The second kappa shape index (κ2) is 13.4. The van der Waals surface area contributed by atoms with Crippen LogP contribution in [0, 0.1) is 0 Å². The number of nitrogens with zero attached hydrogens (tertiary/aromatic N) is 2. The molecule has 62 heavy (non-hydrogen) atoms. The molecule has 0 radical (unpaired) electrons. The lowest BCUT2D eigenvalue weighted by molar-refractivity contribution is 0.669. The molecule has 0 saturated heterocycles. The minimum atomic E-state index is -0.679. The molecular weight excluding hydrogens is 753 g/mol. The SMILES string of the molecule is c1ccc(N(c2ccccc2)c2ccc3c(c2)C2(c4ccccc4-3)c3ccccc3-c3c2c(N(c2ccccc2)c2cccc4c2oc2ccccc24)cc2ccccc32)cc1. The van der Waals surface area contributed by atoms with E-state index >= 15 is 0 Å². The van der Waals surface area contributed by atoms with Crippen molar-refractivity contribution in [2.24, 2.45) is 0 Å². The van der Waals surface area contributed by atoms with Crippen LogP contribution in [-0.2, 0) is 5.41 Å². The molecule has 13 rings (SSSR count). The van der Waals surface area contributed by atoms with E-state index in [1.165, 1.54) is 55.3 Å². The van der Waals surface area contributed by atoms with Crippen molar-refractivity contribution in [3.05, 3.63) is 253 Å². The van der Waals surface area contributed by atoms with Crippen molar-refractivity contribution in [2.45, 2.75) is 5.41 Å². The molecular formula is C59H38N2O. The summed E-state index contributed by atoms with van der Waals surface area (Å²) in [5.41, 5.74) is 17.7. The highest BCUT2D eigenvalue weighted by atomic mass is 16.3. The molecule has 0 fully saturated rings. The first kappa shape index (κ1) is 34.7. The number of anilines is 6. The Morgan fingerprint density at radius 1 is 0.339 bits per heavy atom. The van der Waals surface area contributed by atoms with E-state index in [4.69, 9.17) is 4.42 Å². The van der Waals surface area contributed by atoms with E-state index in [0.717, 1.165) is 56.1 Å². The standard InChI is InChI=1S/C59H38N2O/c1-4-20-40(21-5-1)60(41-22-6-2-7-23-41)43-35-36-46-45-27-12-15-31-50(45)59(52(46)38-43)51-32-16-13-29-49(51)56-44-26-11-10-19-39(44)37-54(57(56)59)61(42-24-8-3-9-25-42)53-33-18-30-48-47-28-14-17-34-55(47)62-58(48)53/h1-38H. The lowest BCUT2D eigenvalue weighted by Crippen LogP contribution is -2.28. The van der Waals surface area contributed by atoms with Crippen LogP contribution in [0.5, 0.6) is 0 Å². The predicted octanol–water partition coefficient (Wildman–Crippen LogP) is 16.0. The minimum absolute atomic E-state index is 0.679. The highest BCUT2D eigenvalue weighted by Crippen LogP contribution is 2.67. The fraction of sp³-hybridized carbons (Fsp3) is 0.0169. The zero-order valence-electron chi connectivity index (χ0n) is 33.7. The van der Waals surface area contributed by atoms with E-state index in [1.54, 1.807) is 0 Å². The van der Waals surface area contributed by atoms with Crippen LogP contribution >= 0.6 is 0 Å². The van der Waals surface area contributed by atoms with Crippen molar-refractivity contribution in [3.8, 4) is 22.3 Å². The Bertz CT molecular complexity index is 3500. The molecule has 10 aromatic carbocycles. The number of fused-ring (bicyclic) bond motifs is 15. The molecule has 11 aromatic rings. The molecule has 0 bridgehead atoms. The van der Waals surface area contributed by atoms with Crippen molar-refractivity contribution in [1.29, 1.82) is 0 Å². The van der Waals surface area contributed by atoms with E-state index in [9.17, 15) is 0 Å². The van der Waals surface area contributed by atoms with Gasteiger partial charge in [0.25, 0.3) is 0 Å². The van der Waals surface area contributed by atoms with Crippen LogP contribution in [-0.4, -0.2) is 0 Å². The lowest BCUT2D eigenvalue weighted by Gasteiger charge is -2.36. The van der Waals surface area contributed by atoms with Crippen LogP contribution < -0.4 is 9.80 Å². The second-order valence-electron chi connectivity index (χ2n) is 16.4. The van der Waals surface area contributed by atoms with E-state index in [-0.39, 0.29) is 0 Å². The first-order valence-corrected chi connectivity index (χ1v) is 21.4. The smallest absolute Gasteiger partial charge is 0.159 e. The molecule has 1 spiro atoms. The summed E-state index contributed by atoms with van der Waals surface area (Å²) in [4.78, 5) is 4.85. The molecule has 3 heteroatoms. The first-order valence-electron chi connectivity index (χ1n) is 21.4. The summed E-state index contributed by atoms with van der Waals surface area (Å²) in [7, 11) is 0. The van der Waals surface area contributed by atoms with Crippen LogP contribution in [0.4, 0.5) is 34.1 Å². The Morgan fingerprint density at radius 2 is 0.887 bits per heavy atom. The maximum Gasteiger partial charge on any atom is 0.159 e. The average molecular weight is 791 g/mol. The third kappa shape index (κ3) is 4.82. The molecule has 290 valence electrons. The number of hydrogen-bond acceptors (Lipinski definition) is 3. The molecule has 1 aromatic heterocycles. The number of para-hydroxylation sites is 5. The van der Waals surface area contributed by atoms with Gasteiger partial charge in [0, 0.05) is 39.1 Å². The minimum Gasteiger partial charge on any atom is -0.454 e. The zero-order valence-corrected chi connectivity index (χ0v) is 33.7. The van der Waals surface area contributed by atoms with Gasteiger partial charge in [-0.05, 0) is 116 Å². The largest absolute Gasteiger partial charge is 0.454 e. The van der Waals surface area contributed by atoms with Crippen LogP contribution in [0.25, 0.3) is 55.0 Å². The molecule has 0 aliphatic heterocycles. The van der Waals surface area contributed by atoms with Crippen molar-refractivity contribution >= 4 is 66.8 Å². The number of furan rings is 1. The van der Waals surface area contributed by atoms with Crippen molar-refractivity contribution in [1.82, 2.24) is 0 Å². The van der Waals surface area contributed by atoms with Crippen molar-refractivity contribution in [3.63, 3.8) is 0 Å². The quantitative estimate of drug-likeness (QED) is 0.167. The highest BCUT2D eigenvalue weighted by molar-refractivity contribution is 6.14. The maximum atomic E-state index is 6.88. The summed E-state index contributed by atoms with van der Waals surface area (Å²) in [5, 5.41) is 4.63. The fourth-order valence-electron chi connectivity index (χ4n) is 10.8. The second-order valence-corrected chi connectivity index (χ2v) is 16.4. The van der Waals surface area contributed by atoms with Gasteiger partial charge in [0.2, 0.25) is 0 Å². The van der Waals surface area contributed by atoms with Crippen LogP contribution in [0.3, 0.4) is 0 Å². The summed E-state index contributed by atoms with van der Waals surface area (Å²) in [6, 6.07) is 84.0. The molecule has 1 heterocycles. The molecule has 0 amide bonds. The highest BCUT2D eigenvalue weighted by Gasteiger charge is 2.54. The lowest BCUT2D eigenvalue weighted by atomic mass is 9.69. The van der Waals surface area contributed by atoms with E-state index < -0.39 is 5.41 Å². The Morgan fingerprint density at radius 3 is 1.61 bits per heavy atom. The fourth-order valence-corrected chi connectivity index (χ4v) is 10.8. The van der Waals surface area contributed by atoms with E-state index in [0.29, 0.717) is 0 Å². The van der Waals surface area contributed by atoms with Crippen LogP contribution in [0.1, 0.15) is 22.3 Å². The number of hydrogen-bond donors (Lipinski definition) is 0. The van der Waals surface area contributed by atoms with Gasteiger partial charge < -0.3 is 14.2 Å². The molecule has 0 N–H and O–H groups in total.